The summed E-state index contributed by atoms with van der Waals surface area (Å²) in [5, 5.41) is 3.22. The molecular formula is C34H34ClN5O7S. The second kappa shape index (κ2) is 13.2. The van der Waals surface area contributed by atoms with Gasteiger partial charge in [-0.3, -0.25) is 9.78 Å². The highest BCUT2D eigenvalue weighted by Crippen LogP contribution is 2.50. The smallest absolute Gasteiger partial charge is 0.318 e. The Hall–Kier alpha value is -5.01. The van der Waals surface area contributed by atoms with Crippen LogP contribution in [0.4, 0.5) is 16.2 Å². The Balaban J connectivity index is 1.47. The molecule has 1 fully saturated rings. The van der Waals surface area contributed by atoms with Gasteiger partial charge in [-0.05, 0) is 55.0 Å². The molecule has 12 nitrogen and oxygen atoms in total. The number of pyridine rings is 1. The van der Waals surface area contributed by atoms with E-state index in [4.69, 9.17) is 25.8 Å². The summed E-state index contributed by atoms with van der Waals surface area (Å²) in [6.07, 6.45) is 4.10. The van der Waals surface area contributed by atoms with E-state index < -0.39 is 27.5 Å². The molecule has 0 radical (unpaired) electrons. The molecule has 3 aromatic carbocycles. The summed E-state index contributed by atoms with van der Waals surface area (Å²) in [5.41, 5.74) is -0.632. The molecule has 1 saturated heterocycles. The molecule has 250 valence electrons. The lowest BCUT2D eigenvalue weighted by atomic mass is 9.83. The summed E-state index contributed by atoms with van der Waals surface area (Å²) in [4.78, 5) is 37.0. The molecule has 1 aromatic heterocycles. The molecule has 0 aliphatic carbocycles. The number of nitrogens with zero attached hydrogens (tertiary/aromatic N) is 4. The van der Waals surface area contributed by atoms with Crippen molar-refractivity contribution < 1.29 is 32.2 Å². The average molecular weight is 692 g/mol. The molecule has 0 saturated carbocycles. The Morgan fingerprint density at radius 1 is 0.854 bits per heavy atom. The number of urea groups is 1. The quantitative estimate of drug-likeness (QED) is 0.280. The molecule has 0 spiro atoms. The van der Waals surface area contributed by atoms with Crippen LogP contribution in [0.2, 0.25) is 5.02 Å². The third-order valence-corrected chi connectivity index (χ3v) is 10.6. The Bertz CT molecular complexity index is 1960. The van der Waals surface area contributed by atoms with Crippen molar-refractivity contribution in [1.82, 2.24) is 15.2 Å². The van der Waals surface area contributed by atoms with Gasteiger partial charge < -0.3 is 29.3 Å². The lowest BCUT2D eigenvalue weighted by Gasteiger charge is -2.34. The maximum absolute atomic E-state index is 15.1. The summed E-state index contributed by atoms with van der Waals surface area (Å²) >= 11 is 6.52. The molecule has 48 heavy (non-hydrogen) atoms. The monoisotopic (exact) mass is 691 g/mol. The van der Waals surface area contributed by atoms with E-state index in [-0.39, 0.29) is 38.2 Å². The van der Waals surface area contributed by atoms with Crippen molar-refractivity contribution in [3.63, 3.8) is 0 Å². The van der Waals surface area contributed by atoms with Crippen molar-refractivity contribution >= 4 is 44.9 Å². The van der Waals surface area contributed by atoms with Gasteiger partial charge >= 0.3 is 6.03 Å². The number of amides is 3. The van der Waals surface area contributed by atoms with Crippen LogP contribution >= 0.6 is 11.6 Å². The Morgan fingerprint density at radius 2 is 1.60 bits per heavy atom. The summed E-state index contributed by atoms with van der Waals surface area (Å²) in [6.45, 7) is 1.99. The number of fused-ring (bicyclic) bond motifs is 1. The summed E-state index contributed by atoms with van der Waals surface area (Å²) in [6, 6.07) is 18.6. The maximum Gasteiger partial charge on any atom is 0.318 e. The van der Waals surface area contributed by atoms with E-state index in [1.165, 1.54) is 57.7 Å². The fourth-order valence-corrected chi connectivity index (χ4v) is 8.04. The maximum atomic E-state index is 15.1. The first kappa shape index (κ1) is 32.9. The van der Waals surface area contributed by atoms with Gasteiger partial charge in [0.25, 0.3) is 15.9 Å². The van der Waals surface area contributed by atoms with Crippen molar-refractivity contribution in [3.8, 4) is 17.2 Å². The van der Waals surface area contributed by atoms with Gasteiger partial charge in [-0.25, -0.2) is 13.2 Å². The summed E-state index contributed by atoms with van der Waals surface area (Å²) in [5.74, 6) is -0.345. The highest BCUT2D eigenvalue weighted by Gasteiger charge is 2.59. The predicted octanol–water partition coefficient (Wildman–Crippen LogP) is 4.66. The molecule has 14 heteroatoms. The zero-order valence-electron chi connectivity index (χ0n) is 26.6. The second-order valence-corrected chi connectivity index (χ2v) is 13.4. The third-order valence-electron chi connectivity index (χ3n) is 8.59. The zero-order chi connectivity index (χ0) is 34.1. The molecule has 2 aliphatic heterocycles. The Labute approximate surface area is 283 Å². The number of ether oxygens (including phenoxy) is 3. The number of hydrogen-bond donors (Lipinski definition) is 1. The van der Waals surface area contributed by atoms with Gasteiger partial charge in [0.2, 0.25) is 0 Å². The number of carbonyl (C=O) groups excluding carboxylic acids is 2. The van der Waals surface area contributed by atoms with E-state index in [9.17, 15) is 13.2 Å². The van der Waals surface area contributed by atoms with Crippen molar-refractivity contribution in [2.45, 2.75) is 16.9 Å². The van der Waals surface area contributed by atoms with Crippen LogP contribution in [0.15, 0.2) is 90.1 Å². The Morgan fingerprint density at radius 3 is 2.33 bits per heavy atom. The predicted molar refractivity (Wildman–Crippen MR) is 181 cm³/mol. The van der Waals surface area contributed by atoms with E-state index >= 15 is 4.79 Å². The zero-order valence-corrected chi connectivity index (χ0v) is 28.1. The average Bonchev–Trinajstić information content (AvgIpc) is 3.23. The molecule has 4 aromatic rings. The van der Waals surface area contributed by atoms with E-state index in [0.717, 1.165) is 5.69 Å². The van der Waals surface area contributed by atoms with Crippen LogP contribution in [0.25, 0.3) is 0 Å². The van der Waals surface area contributed by atoms with Crippen LogP contribution in [-0.4, -0.2) is 77.7 Å². The molecule has 0 bridgehead atoms. The number of rotatable bonds is 8. The van der Waals surface area contributed by atoms with Gasteiger partial charge in [-0.1, -0.05) is 29.8 Å². The number of para-hydroxylation sites is 1. The molecular weight excluding hydrogens is 658 g/mol. The fraction of sp³-hybridized carbons (Fsp3) is 0.265. The first-order chi connectivity index (χ1) is 23.1. The second-order valence-electron chi connectivity index (χ2n) is 11.2. The van der Waals surface area contributed by atoms with Crippen molar-refractivity contribution in [3.05, 3.63) is 101 Å². The molecule has 1 atom stereocenters. The van der Waals surface area contributed by atoms with Crippen LogP contribution in [0.3, 0.4) is 0 Å². The molecule has 3 heterocycles. The number of nitrogens with one attached hydrogen (secondary N) is 1. The van der Waals surface area contributed by atoms with E-state index in [0.29, 0.717) is 42.7 Å². The lowest BCUT2D eigenvalue weighted by Crippen LogP contribution is -2.58. The van der Waals surface area contributed by atoms with Crippen molar-refractivity contribution in [1.29, 1.82) is 0 Å². The van der Waals surface area contributed by atoms with Gasteiger partial charge in [0.05, 0.1) is 27.0 Å². The number of anilines is 2. The van der Waals surface area contributed by atoms with Gasteiger partial charge in [0, 0.05) is 66.5 Å². The molecule has 2 aliphatic rings. The fourth-order valence-electron chi connectivity index (χ4n) is 6.26. The summed E-state index contributed by atoms with van der Waals surface area (Å²) < 4.78 is 46.1. The van der Waals surface area contributed by atoms with E-state index in [1.807, 2.05) is 12.1 Å². The standard InChI is InChI=1S/C34H34ClN5O7S/c1-45-25-10-12-31(30(22-25)47-3)48(43,44)40-28-11-9-23(35)21-27(28)34(32(40)41,26-7-4-5-8-29(26)46-2)37-33(42)39-18-6-17-38(19-20-39)24-13-15-36-16-14-24/h4-5,7-16,21-22H,6,17-20H2,1-3H3,(H,37,42). The van der Waals surface area contributed by atoms with E-state index in [1.54, 1.807) is 41.6 Å². The Kier molecular flexibility index (Phi) is 9.08. The molecule has 1 unspecified atom stereocenters. The topological polar surface area (TPSA) is 131 Å². The number of sulfonamides is 1. The van der Waals surface area contributed by atoms with Crippen LogP contribution in [0.1, 0.15) is 17.5 Å². The number of hydrogen-bond acceptors (Lipinski definition) is 9. The number of carbonyl (C=O) groups is 2. The number of aromatic nitrogens is 1. The normalized spacial score (nSPS) is 17.8. The molecule has 1 N–H and O–H groups in total. The van der Waals surface area contributed by atoms with Crippen LogP contribution < -0.4 is 28.7 Å². The van der Waals surface area contributed by atoms with E-state index in [2.05, 4.69) is 15.2 Å². The molecule has 3 amide bonds. The minimum Gasteiger partial charge on any atom is -0.497 e. The van der Waals surface area contributed by atoms with Gasteiger partial charge in [0.1, 0.15) is 22.1 Å². The minimum absolute atomic E-state index is 0.0215. The van der Waals surface area contributed by atoms with Gasteiger partial charge in [-0.2, -0.15) is 4.31 Å². The minimum atomic E-state index is -4.64. The highest BCUT2D eigenvalue weighted by molar-refractivity contribution is 7.93. The number of methoxy groups -OCH3 is 3. The van der Waals surface area contributed by atoms with Crippen LogP contribution in [0.5, 0.6) is 17.2 Å². The van der Waals surface area contributed by atoms with Crippen LogP contribution in [-0.2, 0) is 20.4 Å². The number of halogens is 1. The lowest BCUT2D eigenvalue weighted by molar-refractivity contribution is -0.121. The molecule has 6 rings (SSSR count). The van der Waals surface area contributed by atoms with Crippen molar-refractivity contribution in [2.75, 3.05) is 56.7 Å². The first-order valence-corrected chi connectivity index (χ1v) is 16.9. The highest BCUT2D eigenvalue weighted by atomic mass is 35.5. The SMILES string of the molecule is COc1ccc(S(=O)(=O)N2C(=O)C(NC(=O)N3CCCN(c4ccncc4)CC3)(c3ccccc3OC)c3cc(Cl)ccc32)c(OC)c1. The first-order valence-electron chi connectivity index (χ1n) is 15.1. The third kappa shape index (κ3) is 5.62. The number of benzene rings is 3. The van der Waals surface area contributed by atoms with Crippen molar-refractivity contribution in [2.24, 2.45) is 0 Å². The van der Waals surface area contributed by atoms with Gasteiger partial charge in [-0.15, -0.1) is 0 Å². The van der Waals surface area contributed by atoms with Crippen LogP contribution in [0, 0.1) is 0 Å². The summed E-state index contributed by atoms with van der Waals surface area (Å²) in [7, 11) is -0.440. The largest absolute Gasteiger partial charge is 0.497 e. The van der Waals surface area contributed by atoms with Gasteiger partial charge in [0.15, 0.2) is 5.54 Å².